The summed E-state index contributed by atoms with van der Waals surface area (Å²) in [7, 11) is 1.39. The number of benzene rings is 1. The van der Waals surface area contributed by atoms with Crippen molar-refractivity contribution in [1.82, 2.24) is 10.3 Å². The molecule has 0 aliphatic heterocycles. The van der Waals surface area contributed by atoms with E-state index < -0.39 is 0 Å². The number of hydrogen-bond acceptors (Lipinski definition) is 4. The van der Waals surface area contributed by atoms with Gasteiger partial charge in [0.15, 0.2) is 0 Å². The summed E-state index contributed by atoms with van der Waals surface area (Å²) >= 11 is 0. The maximum Gasteiger partial charge on any atom is 0.305 e. The lowest BCUT2D eigenvalue weighted by molar-refractivity contribution is -0.140. The number of carbonyl (C=O) groups is 2. The highest BCUT2D eigenvalue weighted by atomic mass is 16.5. The molecule has 2 rings (SSSR count). The van der Waals surface area contributed by atoms with Crippen LogP contribution in [0.15, 0.2) is 42.6 Å². The Morgan fingerprint density at radius 1 is 1.21 bits per heavy atom. The molecule has 0 bridgehead atoms. The minimum absolute atomic E-state index is 0.121. The highest BCUT2D eigenvalue weighted by Crippen LogP contribution is 2.14. The molecular formula is C19H22N2O3. The van der Waals surface area contributed by atoms with Crippen molar-refractivity contribution in [2.45, 2.75) is 25.7 Å². The average molecular weight is 326 g/mol. The number of unbranched alkanes of at least 4 members (excludes halogenated alkanes) is 2. The summed E-state index contributed by atoms with van der Waals surface area (Å²) in [5.41, 5.74) is 1.85. The lowest BCUT2D eigenvalue weighted by atomic mass is 10.1. The van der Waals surface area contributed by atoms with E-state index in [0.717, 1.165) is 35.7 Å². The third kappa shape index (κ3) is 5.83. The molecule has 2 aromatic rings. The molecule has 0 saturated heterocycles. The molecule has 1 heterocycles. The van der Waals surface area contributed by atoms with Gasteiger partial charge in [-0.15, -0.1) is 0 Å². The van der Waals surface area contributed by atoms with Gasteiger partial charge in [0.1, 0.15) is 0 Å². The summed E-state index contributed by atoms with van der Waals surface area (Å²) in [5.74, 6) is -0.309. The smallest absolute Gasteiger partial charge is 0.305 e. The lowest BCUT2D eigenvalue weighted by Gasteiger charge is -2.02. The number of methoxy groups -OCH3 is 1. The third-order valence-electron chi connectivity index (χ3n) is 3.64. The summed E-state index contributed by atoms with van der Waals surface area (Å²) in [6.07, 6.45) is 8.00. The molecule has 0 aliphatic carbocycles. The molecule has 1 amide bonds. The SMILES string of the molecule is COC(=O)CCCCCNC(=O)/C=C/c1ccc2cccnc2c1. The Kier molecular flexibility index (Phi) is 6.95. The number of amides is 1. The van der Waals surface area contributed by atoms with Crippen LogP contribution in [0, 0.1) is 0 Å². The Bertz CT molecular complexity index is 725. The molecule has 0 aliphatic rings. The molecule has 0 unspecified atom stereocenters. The van der Waals surface area contributed by atoms with Crippen LogP contribution in [0.5, 0.6) is 0 Å². The van der Waals surface area contributed by atoms with Crippen LogP contribution in [0.2, 0.25) is 0 Å². The molecule has 0 fully saturated rings. The molecule has 0 radical (unpaired) electrons. The van der Waals surface area contributed by atoms with Gasteiger partial charge in [0.25, 0.3) is 0 Å². The van der Waals surface area contributed by atoms with Gasteiger partial charge in [-0.1, -0.05) is 24.6 Å². The van der Waals surface area contributed by atoms with Gasteiger partial charge in [0.2, 0.25) is 5.91 Å². The molecule has 1 N–H and O–H groups in total. The summed E-state index contributed by atoms with van der Waals surface area (Å²) in [6, 6.07) is 9.80. The highest BCUT2D eigenvalue weighted by molar-refractivity contribution is 5.92. The van der Waals surface area contributed by atoms with Gasteiger partial charge in [-0.05, 0) is 36.6 Å². The first-order valence-corrected chi connectivity index (χ1v) is 8.06. The van der Waals surface area contributed by atoms with Crippen LogP contribution < -0.4 is 5.32 Å². The first-order valence-electron chi connectivity index (χ1n) is 8.06. The summed E-state index contributed by atoms with van der Waals surface area (Å²) < 4.78 is 4.57. The Hall–Kier alpha value is -2.69. The largest absolute Gasteiger partial charge is 0.469 e. The zero-order valence-electron chi connectivity index (χ0n) is 13.8. The van der Waals surface area contributed by atoms with E-state index in [-0.39, 0.29) is 11.9 Å². The van der Waals surface area contributed by atoms with Crippen molar-refractivity contribution in [2.75, 3.05) is 13.7 Å². The second kappa shape index (κ2) is 9.45. The zero-order valence-corrected chi connectivity index (χ0v) is 13.8. The molecule has 0 atom stereocenters. The van der Waals surface area contributed by atoms with Gasteiger partial charge in [0, 0.05) is 30.6 Å². The molecule has 0 spiro atoms. The zero-order chi connectivity index (χ0) is 17.2. The highest BCUT2D eigenvalue weighted by Gasteiger charge is 2.00. The van der Waals surface area contributed by atoms with Crippen LogP contribution in [0.4, 0.5) is 0 Å². The van der Waals surface area contributed by atoms with Gasteiger partial charge in [0.05, 0.1) is 12.6 Å². The van der Waals surface area contributed by atoms with Crippen molar-refractivity contribution in [3.63, 3.8) is 0 Å². The number of nitrogens with one attached hydrogen (secondary N) is 1. The normalized spacial score (nSPS) is 10.9. The fourth-order valence-electron chi connectivity index (χ4n) is 2.30. The second-order valence-corrected chi connectivity index (χ2v) is 5.47. The molecule has 1 aromatic carbocycles. The van der Waals surface area contributed by atoms with Gasteiger partial charge < -0.3 is 10.1 Å². The lowest BCUT2D eigenvalue weighted by Crippen LogP contribution is -2.22. The van der Waals surface area contributed by atoms with E-state index in [1.165, 1.54) is 13.2 Å². The number of nitrogens with zero attached hydrogens (tertiary/aromatic N) is 1. The van der Waals surface area contributed by atoms with Crippen molar-refractivity contribution in [2.24, 2.45) is 0 Å². The van der Waals surface area contributed by atoms with Crippen molar-refractivity contribution in [1.29, 1.82) is 0 Å². The van der Waals surface area contributed by atoms with E-state index in [1.807, 2.05) is 30.3 Å². The van der Waals surface area contributed by atoms with Crippen LogP contribution in [0.3, 0.4) is 0 Å². The second-order valence-electron chi connectivity index (χ2n) is 5.47. The van der Waals surface area contributed by atoms with E-state index in [0.29, 0.717) is 13.0 Å². The van der Waals surface area contributed by atoms with Crippen LogP contribution in [-0.2, 0) is 14.3 Å². The number of esters is 1. The van der Waals surface area contributed by atoms with Gasteiger partial charge >= 0.3 is 5.97 Å². The molecule has 1 aromatic heterocycles. The standard InChI is InChI=1S/C19H22N2O3/c1-24-19(23)7-3-2-4-12-21-18(22)11-9-15-8-10-16-6-5-13-20-17(16)14-15/h5-6,8-11,13-14H,2-4,7,12H2,1H3,(H,21,22)/b11-9+. The number of aromatic nitrogens is 1. The van der Waals surface area contributed by atoms with Crippen LogP contribution in [-0.4, -0.2) is 30.5 Å². The molecule has 5 heteroatoms. The Morgan fingerprint density at radius 2 is 2.08 bits per heavy atom. The number of fused-ring (bicyclic) bond motifs is 1. The summed E-state index contributed by atoms with van der Waals surface area (Å²) in [5, 5.41) is 3.91. The molecule has 24 heavy (non-hydrogen) atoms. The van der Waals surface area contributed by atoms with Crippen molar-refractivity contribution < 1.29 is 14.3 Å². The Balaban J connectivity index is 1.71. The molecule has 5 nitrogen and oxygen atoms in total. The monoisotopic (exact) mass is 326 g/mol. The van der Waals surface area contributed by atoms with E-state index in [2.05, 4.69) is 15.0 Å². The van der Waals surface area contributed by atoms with Crippen LogP contribution >= 0.6 is 0 Å². The molecular weight excluding hydrogens is 304 g/mol. The minimum Gasteiger partial charge on any atom is -0.469 e. The Labute approximate surface area is 141 Å². The maximum absolute atomic E-state index is 11.8. The first kappa shape index (κ1) is 17.7. The van der Waals surface area contributed by atoms with Crippen LogP contribution in [0.1, 0.15) is 31.2 Å². The van der Waals surface area contributed by atoms with Crippen LogP contribution in [0.25, 0.3) is 17.0 Å². The number of ether oxygens (including phenoxy) is 1. The molecule has 126 valence electrons. The van der Waals surface area contributed by atoms with Gasteiger partial charge in [-0.2, -0.15) is 0 Å². The van der Waals surface area contributed by atoms with Crippen molar-refractivity contribution in [3.8, 4) is 0 Å². The van der Waals surface area contributed by atoms with Crippen molar-refractivity contribution in [3.05, 3.63) is 48.2 Å². The predicted molar refractivity (Wildman–Crippen MR) is 94.3 cm³/mol. The average Bonchev–Trinajstić information content (AvgIpc) is 2.62. The van der Waals surface area contributed by atoms with Gasteiger partial charge in [-0.25, -0.2) is 0 Å². The number of hydrogen-bond donors (Lipinski definition) is 1. The summed E-state index contributed by atoms with van der Waals surface area (Å²) in [4.78, 5) is 27.0. The van der Waals surface area contributed by atoms with E-state index in [9.17, 15) is 9.59 Å². The predicted octanol–water partition coefficient (Wildman–Crippen LogP) is 3.10. The minimum atomic E-state index is -0.188. The van der Waals surface area contributed by atoms with E-state index in [4.69, 9.17) is 0 Å². The fourth-order valence-corrected chi connectivity index (χ4v) is 2.30. The van der Waals surface area contributed by atoms with E-state index in [1.54, 1.807) is 12.3 Å². The number of rotatable bonds is 8. The topological polar surface area (TPSA) is 68.3 Å². The summed E-state index contributed by atoms with van der Waals surface area (Å²) in [6.45, 7) is 0.601. The fraction of sp³-hybridized carbons (Fsp3) is 0.316. The van der Waals surface area contributed by atoms with E-state index >= 15 is 0 Å². The molecule has 0 saturated carbocycles. The first-order chi connectivity index (χ1) is 11.7. The quantitative estimate of drug-likeness (QED) is 0.460. The Morgan fingerprint density at radius 3 is 2.92 bits per heavy atom. The number of pyridine rings is 1. The number of carbonyl (C=O) groups excluding carboxylic acids is 2. The van der Waals surface area contributed by atoms with Gasteiger partial charge in [-0.3, -0.25) is 14.6 Å². The third-order valence-corrected chi connectivity index (χ3v) is 3.64. The van der Waals surface area contributed by atoms with Crippen molar-refractivity contribution >= 4 is 28.9 Å². The maximum atomic E-state index is 11.8.